The lowest BCUT2D eigenvalue weighted by Crippen LogP contribution is -2.08. The Morgan fingerprint density at radius 1 is 1.18 bits per heavy atom. The summed E-state index contributed by atoms with van der Waals surface area (Å²) in [5.41, 5.74) is 10.3. The smallest absolute Gasteiger partial charge is 0.182 e. The Morgan fingerprint density at radius 3 is 2.68 bits per heavy atom. The van der Waals surface area contributed by atoms with Gasteiger partial charge >= 0.3 is 0 Å². The lowest BCUT2D eigenvalue weighted by atomic mass is 10.1. The van der Waals surface area contributed by atoms with Crippen LogP contribution >= 0.6 is 0 Å². The van der Waals surface area contributed by atoms with Crippen LogP contribution in [0.1, 0.15) is 16.8 Å². The van der Waals surface area contributed by atoms with E-state index in [1.807, 2.05) is 30.3 Å². The fraction of sp³-hybridized carbons (Fsp3) is 0.115. The van der Waals surface area contributed by atoms with E-state index < -0.39 is 0 Å². The molecule has 2 aromatic carbocycles. The van der Waals surface area contributed by atoms with Gasteiger partial charge in [0, 0.05) is 12.1 Å². The van der Waals surface area contributed by atoms with E-state index in [2.05, 4.69) is 27.0 Å². The first-order chi connectivity index (χ1) is 16.5. The summed E-state index contributed by atoms with van der Waals surface area (Å²) in [4.78, 5) is 8.88. The molecule has 0 spiro atoms. The van der Waals surface area contributed by atoms with Crippen molar-refractivity contribution in [1.29, 1.82) is 0 Å². The zero-order chi connectivity index (χ0) is 23.9. The molecule has 4 rings (SSSR count). The Morgan fingerprint density at radius 2 is 1.94 bits per heavy atom. The quantitative estimate of drug-likeness (QED) is 0.275. The van der Waals surface area contributed by atoms with Gasteiger partial charge in [0.1, 0.15) is 11.5 Å². The van der Waals surface area contributed by atoms with Gasteiger partial charge in [-0.1, -0.05) is 55.1 Å². The highest BCUT2D eigenvalue weighted by Crippen LogP contribution is 2.25. The van der Waals surface area contributed by atoms with Gasteiger partial charge in [0.05, 0.1) is 37.5 Å². The van der Waals surface area contributed by atoms with Gasteiger partial charge in [-0.15, -0.1) is 0 Å². The average molecular weight is 457 g/mol. The van der Waals surface area contributed by atoms with Crippen molar-refractivity contribution in [2.75, 3.05) is 18.2 Å². The number of anilines is 2. The molecule has 0 bridgehead atoms. The van der Waals surface area contributed by atoms with Crippen LogP contribution in [0.4, 0.5) is 15.9 Å². The summed E-state index contributed by atoms with van der Waals surface area (Å²) in [6.07, 6.45) is 4.87. The minimum absolute atomic E-state index is 0.216. The highest BCUT2D eigenvalue weighted by atomic mass is 19.1. The molecule has 0 radical (unpaired) electrons. The molecular weight excluding hydrogens is 431 g/mol. The first kappa shape index (κ1) is 22.7. The highest BCUT2D eigenvalue weighted by Gasteiger charge is 2.16. The summed E-state index contributed by atoms with van der Waals surface area (Å²) >= 11 is 0. The number of nitrogens with two attached hydrogens (primary N) is 1. The molecule has 8 heteroatoms. The maximum atomic E-state index is 14.3. The van der Waals surface area contributed by atoms with Crippen LogP contribution in [0.5, 0.6) is 0 Å². The van der Waals surface area contributed by atoms with Gasteiger partial charge in [-0.25, -0.2) is 14.4 Å². The zero-order valence-electron chi connectivity index (χ0n) is 18.8. The molecule has 0 saturated heterocycles. The van der Waals surface area contributed by atoms with Crippen molar-refractivity contribution in [2.24, 2.45) is 0 Å². The predicted molar refractivity (Wildman–Crippen MR) is 132 cm³/mol. The maximum absolute atomic E-state index is 14.3. The summed E-state index contributed by atoms with van der Waals surface area (Å²) < 4.78 is 21.0. The molecule has 0 aliphatic rings. The van der Waals surface area contributed by atoms with Crippen molar-refractivity contribution < 1.29 is 9.13 Å². The molecule has 0 atom stereocenters. The molecular formula is C26H25FN6O. The summed E-state index contributed by atoms with van der Waals surface area (Å²) in [6, 6.07) is 18.3. The number of hydrogen-bond donors (Lipinski definition) is 2. The molecule has 4 aromatic rings. The van der Waals surface area contributed by atoms with Crippen molar-refractivity contribution in [3.8, 4) is 11.5 Å². The molecule has 0 fully saturated rings. The average Bonchev–Trinajstić information content (AvgIpc) is 3.28. The summed E-state index contributed by atoms with van der Waals surface area (Å²) in [7, 11) is 1.55. The number of methoxy groups -OCH3 is 1. The largest absolute Gasteiger partial charge is 0.504 e. The third-order valence-electron chi connectivity index (χ3n) is 5.17. The fourth-order valence-corrected chi connectivity index (χ4v) is 3.38. The molecule has 0 saturated carbocycles. The third-order valence-corrected chi connectivity index (χ3v) is 5.17. The number of hydrogen-bond acceptors (Lipinski definition) is 6. The summed E-state index contributed by atoms with van der Waals surface area (Å²) in [5, 5.41) is 7.87. The normalized spacial score (nSPS) is 11.0. The second kappa shape index (κ2) is 10.4. The van der Waals surface area contributed by atoms with Crippen LogP contribution in [0, 0.1) is 5.82 Å². The molecule has 0 amide bonds. The molecule has 2 heterocycles. The van der Waals surface area contributed by atoms with Gasteiger partial charge in [0.15, 0.2) is 11.6 Å². The topological polar surface area (TPSA) is 90.9 Å². The van der Waals surface area contributed by atoms with Gasteiger partial charge in [0.25, 0.3) is 0 Å². The molecule has 172 valence electrons. The Balaban J connectivity index is 1.62. The first-order valence-corrected chi connectivity index (χ1v) is 10.7. The number of nitrogens with zero attached hydrogens (tertiary/aromatic N) is 4. The third kappa shape index (κ3) is 5.29. The molecule has 0 aliphatic heterocycles. The highest BCUT2D eigenvalue weighted by molar-refractivity contribution is 5.73. The fourth-order valence-electron chi connectivity index (χ4n) is 3.38. The van der Waals surface area contributed by atoms with E-state index in [9.17, 15) is 4.39 Å². The number of aromatic nitrogens is 4. The lowest BCUT2D eigenvalue weighted by molar-refractivity contribution is 0.338. The number of rotatable bonds is 9. The van der Waals surface area contributed by atoms with E-state index in [0.29, 0.717) is 46.4 Å². The summed E-state index contributed by atoms with van der Waals surface area (Å²) in [6.45, 7) is 4.90. The van der Waals surface area contributed by atoms with Gasteiger partial charge in [-0.05, 0) is 29.3 Å². The van der Waals surface area contributed by atoms with E-state index in [1.54, 1.807) is 48.3 Å². The number of nitrogens with one attached hydrogen (secondary N) is 1. The van der Waals surface area contributed by atoms with Crippen molar-refractivity contribution >= 4 is 17.1 Å². The Kier molecular flexibility index (Phi) is 6.98. The molecule has 0 unspecified atom stereocenters. The van der Waals surface area contributed by atoms with E-state index in [0.717, 1.165) is 5.56 Å². The Labute approximate surface area is 197 Å². The first-order valence-electron chi connectivity index (χ1n) is 10.7. The Hall–Kier alpha value is -4.46. The van der Waals surface area contributed by atoms with E-state index >= 15 is 0 Å². The lowest BCUT2D eigenvalue weighted by Gasteiger charge is -2.09. The minimum Gasteiger partial charge on any atom is -0.504 e. The van der Waals surface area contributed by atoms with Crippen LogP contribution in [0.25, 0.3) is 17.1 Å². The van der Waals surface area contributed by atoms with Gasteiger partial charge < -0.3 is 15.8 Å². The molecule has 2 aromatic heterocycles. The molecule has 34 heavy (non-hydrogen) atoms. The van der Waals surface area contributed by atoms with Gasteiger partial charge in [-0.2, -0.15) is 5.10 Å². The van der Waals surface area contributed by atoms with Crippen LogP contribution < -0.4 is 11.1 Å². The van der Waals surface area contributed by atoms with Crippen LogP contribution in [0.3, 0.4) is 0 Å². The maximum Gasteiger partial charge on any atom is 0.182 e. The van der Waals surface area contributed by atoms with E-state index in [4.69, 9.17) is 10.5 Å². The van der Waals surface area contributed by atoms with Crippen LogP contribution in [0.15, 0.2) is 85.8 Å². The number of ether oxygens (including phenoxy) is 1. The van der Waals surface area contributed by atoms with Crippen molar-refractivity contribution in [2.45, 2.75) is 13.1 Å². The van der Waals surface area contributed by atoms with Crippen LogP contribution in [-0.4, -0.2) is 26.9 Å². The molecule has 0 aliphatic carbocycles. The van der Waals surface area contributed by atoms with Crippen molar-refractivity contribution in [1.82, 2.24) is 19.7 Å². The Bertz CT molecular complexity index is 1320. The summed E-state index contributed by atoms with van der Waals surface area (Å²) in [5.74, 6) is 0.363. The number of halogens is 1. The second-order valence-electron chi connectivity index (χ2n) is 7.56. The van der Waals surface area contributed by atoms with Crippen molar-refractivity contribution in [3.63, 3.8) is 0 Å². The number of benzene rings is 2. The monoisotopic (exact) mass is 456 g/mol. The van der Waals surface area contributed by atoms with E-state index in [-0.39, 0.29) is 12.4 Å². The van der Waals surface area contributed by atoms with E-state index in [1.165, 1.54) is 12.3 Å². The standard InChI is InChI=1S/C26H25FN6O/c1-18(12-13-34-2)24-14-22(32-33(24)17-20-10-6-7-11-21(20)27)26-30-16-23(25(28)31-26)29-15-19-8-4-3-5-9-19/h3-14,16,29H,1,15,17H2,2H3,(H2,28,30,31)/b13-12-. The molecule has 3 N–H and O–H groups in total. The van der Waals surface area contributed by atoms with Gasteiger partial charge in [0.2, 0.25) is 0 Å². The number of allylic oxidation sites excluding steroid dienone is 2. The van der Waals surface area contributed by atoms with Crippen molar-refractivity contribution in [3.05, 3.63) is 108 Å². The predicted octanol–water partition coefficient (Wildman–Crippen LogP) is 4.90. The second-order valence-corrected chi connectivity index (χ2v) is 7.56. The number of nitrogen functional groups attached to an aromatic ring is 1. The van der Waals surface area contributed by atoms with Gasteiger partial charge in [-0.3, -0.25) is 4.68 Å². The minimum atomic E-state index is -0.308. The SMILES string of the molecule is C=C(/C=C\OC)c1cc(-c2ncc(NCc3ccccc3)c(N)n2)nn1Cc1ccccc1F. The van der Waals surface area contributed by atoms with Crippen LogP contribution in [-0.2, 0) is 17.8 Å². The zero-order valence-corrected chi connectivity index (χ0v) is 18.8. The molecule has 7 nitrogen and oxygen atoms in total. The van der Waals surface area contributed by atoms with Crippen LogP contribution in [0.2, 0.25) is 0 Å².